The molecule has 1 rings (SSSR count). The van der Waals surface area contributed by atoms with Gasteiger partial charge in [0.25, 0.3) is 0 Å². The smallest absolute Gasteiger partial charge is 0.0212 e. The maximum atomic E-state index is 2.47. The highest BCUT2D eigenvalue weighted by atomic mass is 31.1. The normalized spacial score (nSPS) is 43.7. The second-order valence-electron chi connectivity index (χ2n) is 3.15. The van der Waals surface area contributed by atoms with E-state index in [1.54, 1.807) is 0 Å². The van der Waals surface area contributed by atoms with E-state index in [4.69, 9.17) is 0 Å². The first kappa shape index (κ1) is 7.54. The van der Waals surface area contributed by atoms with Crippen molar-refractivity contribution < 1.29 is 0 Å². The van der Waals surface area contributed by atoms with E-state index in [0.29, 0.717) is 7.92 Å². The van der Waals surface area contributed by atoms with E-state index >= 15 is 0 Å². The minimum atomic E-state index is 0.410. The van der Waals surface area contributed by atoms with Crippen LogP contribution in [0.4, 0.5) is 0 Å². The summed E-state index contributed by atoms with van der Waals surface area (Å²) in [5.41, 5.74) is 2.17. The molecule has 3 atom stereocenters. The molecule has 0 N–H and O–H groups in total. The maximum absolute atomic E-state index is 2.47. The van der Waals surface area contributed by atoms with Crippen LogP contribution in [0.25, 0.3) is 0 Å². The molecule has 0 spiro atoms. The van der Waals surface area contributed by atoms with Gasteiger partial charge in [0.1, 0.15) is 0 Å². The Labute approximate surface area is 59.8 Å². The van der Waals surface area contributed by atoms with Crippen molar-refractivity contribution in [3.63, 3.8) is 0 Å². The van der Waals surface area contributed by atoms with Gasteiger partial charge in [0.2, 0.25) is 0 Å². The molecular weight excluding hydrogens is 127 g/mol. The Morgan fingerprint density at radius 2 is 2.11 bits per heavy atom. The van der Waals surface area contributed by atoms with E-state index in [0.717, 1.165) is 11.3 Å². The summed E-state index contributed by atoms with van der Waals surface area (Å²) in [5.74, 6) is 0. The topological polar surface area (TPSA) is 0 Å². The zero-order chi connectivity index (χ0) is 6.85. The summed E-state index contributed by atoms with van der Waals surface area (Å²) in [7, 11) is 0.410. The zero-order valence-corrected chi connectivity index (χ0v) is 7.62. The lowest BCUT2D eigenvalue weighted by atomic mass is 10.2. The first-order chi connectivity index (χ1) is 4.25. The quantitative estimate of drug-likeness (QED) is 0.496. The SMILES string of the molecule is CC[C@@H]1CC[C@@H](C)P1C. The minimum absolute atomic E-state index is 0.410. The summed E-state index contributed by atoms with van der Waals surface area (Å²) in [5, 5.41) is 0. The maximum Gasteiger partial charge on any atom is -0.0212 e. The van der Waals surface area contributed by atoms with Gasteiger partial charge >= 0.3 is 0 Å². The van der Waals surface area contributed by atoms with Crippen LogP contribution in [0.5, 0.6) is 0 Å². The average molecular weight is 144 g/mol. The predicted molar refractivity (Wildman–Crippen MR) is 45.6 cm³/mol. The van der Waals surface area contributed by atoms with Gasteiger partial charge in [0.15, 0.2) is 0 Å². The molecular formula is C8H17P. The Morgan fingerprint density at radius 1 is 1.44 bits per heavy atom. The fourth-order valence-electron chi connectivity index (χ4n) is 1.69. The van der Waals surface area contributed by atoms with Crippen molar-refractivity contribution in [3.05, 3.63) is 0 Å². The van der Waals surface area contributed by atoms with Crippen molar-refractivity contribution in [1.29, 1.82) is 0 Å². The van der Waals surface area contributed by atoms with E-state index in [2.05, 4.69) is 20.5 Å². The summed E-state index contributed by atoms with van der Waals surface area (Å²) < 4.78 is 0. The van der Waals surface area contributed by atoms with Crippen LogP contribution in [0.3, 0.4) is 0 Å². The lowest BCUT2D eigenvalue weighted by Gasteiger charge is -2.16. The highest BCUT2D eigenvalue weighted by Gasteiger charge is 2.27. The third-order valence-corrected chi connectivity index (χ3v) is 6.08. The van der Waals surface area contributed by atoms with Gasteiger partial charge in [-0.15, -0.1) is 7.92 Å². The molecule has 1 fully saturated rings. The van der Waals surface area contributed by atoms with Crippen molar-refractivity contribution in [1.82, 2.24) is 0 Å². The molecule has 1 unspecified atom stereocenters. The van der Waals surface area contributed by atoms with Crippen molar-refractivity contribution in [2.24, 2.45) is 0 Å². The van der Waals surface area contributed by atoms with E-state index in [1.807, 2.05) is 0 Å². The molecule has 0 amide bonds. The van der Waals surface area contributed by atoms with E-state index in [9.17, 15) is 0 Å². The molecule has 0 radical (unpaired) electrons. The summed E-state index contributed by atoms with van der Waals surface area (Å²) in [6.45, 7) is 7.23. The zero-order valence-electron chi connectivity index (χ0n) is 6.72. The predicted octanol–water partition coefficient (Wildman–Crippen LogP) is 3.06. The standard InChI is InChI=1S/C8H17P/c1-4-8-6-5-7(2)9(8)3/h7-8H,4-6H2,1-3H3/t7-,8-,9?/m1/s1. The molecule has 0 aliphatic carbocycles. The summed E-state index contributed by atoms with van der Waals surface area (Å²) in [4.78, 5) is 0. The Morgan fingerprint density at radius 3 is 2.33 bits per heavy atom. The van der Waals surface area contributed by atoms with Crippen LogP contribution >= 0.6 is 7.92 Å². The van der Waals surface area contributed by atoms with Crippen molar-refractivity contribution in [2.75, 3.05) is 6.66 Å². The van der Waals surface area contributed by atoms with Gasteiger partial charge in [0.05, 0.1) is 0 Å². The Bertz CT molecular complexity index is 90.6. The molecule has 0 aromatic carbocycles. The largest absolute Gasteiger partial charge is 0.104 e. The highest BCUT2D eigenvalue weighted by Crippen LogP contribution is 2.53. The second kappa shape index (κ2) is 3.01. The van der Waals surface area contributed by atoms with E-state index in [-0.39, 0.29) is 0 Å². The molecule has 0 nitrogen and oxygen atoms in total. The molecule has 9 heavy (non-hydrogen) atoms. The van der Waals surface area contributed by atoms with Crippen molar-refractivity contribution in [3.8, 4) is 0 Å². The van der Waals surface area contributed by atoms with Crippen LogP contribution in [0.1, 0.15) is 33.1 Å². The fraction of sp³-hybridized carbons (Fsp3) is 1.00. The van der Waals surface area contributed by atoms with Crippen LogP contribution in [0, 0.1) is 0 Å². The van der Waals surface area contributed by atoms with Crippen molar-refractivity contribution in [2.45, 2.75) is 44.4 Å². The molecule has 0 aromatic heterocycles. The summed E-state index contributed by atoms with van der Waals surface area (Å²) in [6.07, 6.45) is 4.44. The van der Waals surface area contributed by atoms with Gasteiger partial charge in [-0.1, -0.05) is 13.8 Å². The molecule has 1 aliphatic heterocycles. The lowest BCUT2D eigenvalue weighted by Crippen LogP contribution is -1.97. The average Bonchev–Trinajstić information content (AvgIpc) is 2.15. The monoisotopic (exact) mass is 144 g/mol. The van der Waals surface area contributed by atoms with Gasteiger partial charge in [0, 0.05) is 0 Å². The van der Waals surface area contributed by atoms with E-state index < -0.39 is 0 Å². The molecule has 1 heterocycles. The number of hydrogen-bond acceptors (Lipinski definition) is 0. The van der Waals surface area contributed by atoms with Gasteiger partial charge in [-0.3, -0.25) is 0 Å². The summed E-state index contributed by atoms with van der Waals surface area (Å²) in [6, 6.07) is 0. The van der Waals surface area contributed by atoms with Gasteiger partial charge in [-0.2, -0.15) is 0 Å². The first-order valence-corrected chi connectivity index (χ1v) is 5.90. The summed E-state index contributed by atoms with van der Waals surface area (Å²) >= 11 is 0. The van der Waals surface area contributed by atoms with Crippen LogP contribution in [-0.4, -0.2) is 18.0 Å². The molecule has 1 heteroatoms. The third-order valence-electron chi connectivity index (χ3n) is 2.66. The highest BCUT2D eigenvalue weighted by molar-refractivity contribution is 7.58. The molecule has 1 aliphatic rings. The van der Waals surface area contributed by atoms with E-state index in [1.165, 1.54) is 19.3 Å². The molecule has 0 bridgehead atoms. The molecule has 0 aromatic rings. The first-order valence-electron chi connectivity index (χ1n) is 3.97. The fourth-order valence-corrected chi connectivity index (χ4v) is 4.10. The minimum Gasteiger partial charge on any atom is -0.104 e. The van der Waals surface area contributed by atoms with Gasteiger partial charge in [-0.05, 0) is 37.2 Å². The van der Waals surface area contributed by atoms with Crippen LogP contribution < -0.4 is 0 Å². The third kappa shape index (κ3) is 1.46. The van der Waals surface area contributed by atoms with Gasteiger partial charge in [-0.25, -0.2) is 0 Å². The Balaban J connectivity index is 2.41. The van der Waals surface area contributed by atoms with Crippen LogP contribution in [-0.2, 0) is 0 Å². The number of hydrogen-bond donors (Lipinski definition) is 0. The Kier molecular flexibility index (Phi) is 2.52. The Hall–Kier alpha value is 0.430. The molecule has 0 saturated carbocycles. The lowest BCUT2D eigenvalue weighted by molar-refractivity contribution is 0.726. The van der Waals surface area contributed by atoms with Crippen molar-refractivity contribution >= 4 is 7.92 Å². The number of rotatable bonds is 1. The van der Waals surface area contributed by atoms with Gasteiger partial charge < -0.3 is 0 Å². The van der Waals surface area contributed by atoms with Crippen LogP contribution in [0.2, 0.25) is 0 Å². The van der Waals surface area contributed by atoms with Crippen LogP contribution in [0.15, 0.2) is 0 Å². The molecule has 1 saturated heterocycles. The second-order valence-corrected chi connectivity index (χ2v) is 6.10. The molecule has 54 valence electrons.